The summed E-state index contributed by atoms with van der Waals surface area (Å²) < 4.78 is 0. The van der Waals surface area contributed by atoms with Gasteiger partial charge in [0.2, 0.25) is 11.8 Å². The second-order valence-corrected chi connectivity index (χ2v) is 5.23. The first-order valence-corrected chi connectivity index (χ1v) is 6.83. The number of piperazine rings is 1. The summed E-state index contributed by atoms with van der Waals surface area (Å²) >= 11 is 0. The fourth-order valence-corrected chi connectivity index (χ4v) is 2.89. The van der Waals surface area contributed by atoms with Crippen LogP contribution in [0.1, 0.15) is 23.2 Å². The Balaban J connectivity index is 1.73. The molecule has 104 valence electrons. The first kappa shape index (κ1) is 12.8. The van der Waals surface area contributed by atoms with Crippen LogP contribution in [0.25, 0.3) is 0 Å². The Kier molecular flexibility index (Phi) is 3.26. The highest BCUT2D eigenvalue weighted by Crippen LogP contribution is 2.23. The van der Waals surface area contributed by atoms with Crippen molar-refractivity contribution in [3.8, 4) is 0 Å². The van der Waals surface area contributed by atoms with Gasteiger partial charge in [-0.25, -0.2) is 0 Å². The van der Waals surface area contributed by atoms with Gasteiger partial charge in [-0.15, -0.1) is 0 Å². The molecule has 5 nitrogen and oxygen atoms in total. The molecule has 2 aliphatic rings. The molecule has 1 aromatic carbocycles. The van der Waals surface area contributed by atoms with Crippen LogP contribution in [0.4, 0.5) is 0 Å². The molecular formula is C15H16N2O3. The Morgan fingerprint density at radius 3 is 2.70 bits per heavy atom. The van der Waals surface area contributed by atoms with Crippen molar-refractivity contribution in [1.29, 1.82) is 0 Å². The summed E-state index contributed by atoms with van der Waals surface area (Å²) in [5, 5.41) is 0. The lowest BCUT2D eigenvalue weighted by Crippen LogP contribution is -2.58. The van der Waals surface area contributed by atoms with Gasteiger partial charge >= 0.3 is 0 Å². The van der Waals surface area contributed by atoms with E-state index in [1.165, 1.54) is 4.90 Å². The van der Waals surface area contributed by atoms with Gasteiger partial charge in [0, 0.05) is 12.1 Å². The Morgan fingerprint density at radius 1 is 1.20 bits per heavy atom. The molecule has 0 saturated carbocycles. The van der Waals surface area contributed by atoms with Gasteiger partial charge in [-0.05, 0) is 12.8 Å². The molecule has 1 aromatic rings. The van der Waals surface area contributed by atoms with Crippen molar-refractivity contribution in [2.24, 2.45) is 0 Å². The average Bonchev–Trinajstić information content (AvgIpc) is 2.95. The Hall–Kier alpha value is -2.17. The lowest BCUT2D eigenvalue weighted by atomic mass is 10.1. The highest BCUT2D eigenvalue weighted by Gasteiger charge is 2.42. The Bertz CT molecular complexity index is 555. The van der Waals surface area contributed by atoms with E-state index in [0.29, 0.717) is 18.5 Å². The van der Waals surface area contributed by atoms with E-state index in [-0.39, 0.29) is 36.7 Å². The minimum absolute atomic E-state index is 0.0150. The van der Waals surface area contributed by atoms with E-state index in [1.54, 1.807) is 29.2 Å². The van der Waals surface area contributed by atoms with E-state index in [9.17, 15) is 14.4 Å². The fraction of sp³-hybridized carbons (Fsp3) is 0.400. The predicted molar refractivity (Wildman–Crippen MR) is 72.1 cm³/mol. The minimum atomic E-state index is -0.347. The summed E-state index contributed by atoms with van der Waals surface area (Å²) in [6, 6.07) is 8.51. The van der Waals surface area contributed by atoms with Crippen LogP contribution in [0.3, 0.4) is 0 Å². The van der Waals surface area contributed by atoms with Gasteiger partial charge < -0.3 is 9.80 Å². The molecule has 2 fully saturated rings. The third-order valence-electron chi connectivity index (χ3n) is 3.93. The zero-order chi connectivity index (χ0) is 14.1. The van der Waals surface area contributed by atoms with Gasteiger partial charge in [-0.3, -0.25) is 14.4 Å². The zero-order valence-electron chi connectivity index (χ0n) is 11.1. The number of benzene rings is 1. The molecule has 0 aromatic heterocycles. The topological polar surface area (TPSA) is 57.7 Å². The average molecular weight is 272 g/mol. The summed E-state index contributed by atoms with van der Waals surface area (Å²) in [4.78, 5) is 39.4. The van der Waals surface area contributed by atoms with Crippen LogP contribution in [0.2, 0.25) is 0 Å². The molecule has 2 saturated heterocycles. The molecule has 0 N–H and O–H groups in total. The van der Waals surface area contributed by atoms with Crippen molar-refractivity contribution < 1.29 is 14.4 Å². The molecule has 1 unspecified atom stereocenters. The molecule has 3 rings (SSSR count). The first-order valence-electron chi connectivity index (χ1n) is 6.83. The summed E-state index contributed by atoms with van der Waals surface area (Å²) in [7, 11) is 0. The lowest BCUT2D eigenvalue weighted by Gasteiger charge is -2.36. The molecule has 2 amide bonds. The van der Waals surface area contributed by atoms with Crippen LogP contribution in [0, 0.1) is 0 Å². The molecular weight excluding hydrogens is 256 g/mol. The van der Waals surface area contributed by atoms with Crippen LogP contribution in [0.5, 0.6) is 0 Å². The summed E-state index contributed by atoms with van der Waals surface area (Å²) in [5.41, 5.74) is 0.571. The van der Waals surface area contributed by atoms with Crippen LogP contribution in [-0.2, 0) is 9.59 Å². The third-order valence-corrected chi connectivity index (χ3v) is 3.93. The fourth-order valence-electron chi connectivity index (χ4n) is 2.89. The predicted octanol–water partition coefficient (Wildman–Crippen LogP) is 0.702. The smallest absolute Gasteiger partial charge is 0.246 e. The summed E-state index contributed by atoms with van der Waals surface area (Å²) in [5.74, 6) is -0.266. The van der Waals surface area contributed by atoms with E-state index in [4.69, 9.17) is 0 Å². The van der Waals surface area contributed by atoms with Crippen molar-refractivity contribution in [3.05, 3.63) is 35.9 Å². The third kappa shape index (κ3) is 2.19. The highest BCUT2D eigenvalue weighted by molar-refractivity contribution is 6.02. The first-order chi connectivity index (χ1) is 9.66. The molecule has 2 aliphatic heterocycles. The van der Waals surface area contributed by atoms with Crippen molar-refractivity contribution in [1.82, 2.24) is 9.80 Å². The maximum Gasteiger partial charge on any atom is 0.246 e. The normalized spacial score (nSPS) is 22.1. The minimum Gasteiger partial charge on any atom is -0.329 e. The number of nitrogens with zero attached hydrogens (tertiary/aromatic N) is 2. The number of fused-ring (bicyclic) bond motifs is 1. The molecule has 20 heavy (non-hydrogen) atoms. The quantitative estimate of drug-likeness (QED) is 0.761. The van der Waals surface area contributed by atoms with Crippen molar-refractivity contribution >= 4 is 17.6 Å². The number of carbonyl (C=O) groups excluding carboxylic acids is 3. The van der Waals surface area contributed by atoms with Gasteiger partial charge in [0.1, 0.15) is 12.6 Å². The monoisotopic (exact) mass is 272 g/mol. The van der Waals surface area contributed by atoms with Crippen molar-refractivity contribution in [3.63, 3.8) is 0 Å². The largest absolute Gasteiger partial charge is 0.329 e. The lowest BCUT2D eigenvalue weighted by molar-refractivity contribution is -0.152. The number of Topliss-reactive ketones (excluding diaryl/α,β-unsaturated/α-hetero) is 1. The number of amides is 2. The summed E-state index contributed by atoms with van der Waals surface area (Å²) in [6.45, 7) is 0.669. The number of ketones is 1. The van der Waals surface area contributed by atoms with Crippen molar-refractivity contribution in [2.45, 2.75) is 18.9 Å². The van der Waals surface area contributed by atoms with Crippen LogP contribution >= 0.6 is 0 Å². The molecule has 5 heteroatoms. The van der Waals surface area contributed by atoms with Gasteiger partial charge in [0.15, 0.2) is 5.78 Å². The highest BCUT2D eigenvalue weighted by atomic mass is 16.2. The standard InChI is InChI=1S/C15H16N2O3/c18-13(11-5-2-1-3-6-11)9-16-10-14(19)17-8-4-7-12(17)15(16)20/h1-3,5-6,12H,4,7-10H2. The number of hydrogen-bond donors (Lipinski definition) is 0. The summed E-state index contributed by atoms with van der Waals surface area (Å²) in [6.07, 6.45) is 1.57. The molecule has 1 atom stereocenters. The molecule has 2 heterocycles. The molecule has 0 radical (unpaired) electrons. The number of carbonyl (C=O) groups is 3. The molecule has 0 bridgehead atoms. The van der Waals surface area contributed by atoms with E-state index >= 15 is 0 Å². The maximum absolute atomic E-state index is 12.3. The van der Waals surface area contributed by atoms with Gasteiger partial charge in [-0.2, -0.15) is 0 Å². The van der Waals surface area contributed by atoms with Gasteiger partial charge in [0.25, 0.3) is 0 Å². The van der Waals surface area contributed by atoms with Gasteiger partial charge in [0.05, 0.1) is 6.54 Å². The SMILES string of the molecule is O=C(CN1CC(=O)N2CCCC2C1=O)c1ccccc1. The van der Waals surface area contributed by atoms with Crippen LogP contribution in [0.15, 0.2) is 30.3 Å². The second-order valence-electron chi connectivity index (χ2n) is 5.23. The van der Waals surface area contributed by atoms with Crippen LogP contribution < -0.4 is 0 Å². The van der Waals surface area contributed by atoms with Crippen LogP contribution in [-0.4, -0.2) is 53.1 Å². The second kappa shape index (κ2) is 5.07. The maximum atomic E-state index is 12.3. The van der Waals surface area contributed by atoms with Gasteiger partial charge in [-0.1, -0.05) is 30.3 Å². The van der Waals surface area contributed by atoms with Crippen molar-refractivity contribution in [2.75, 3.05) is 19.6 Å². The van der Waals surface area contributed by atoms with E-state index in [2.05, 4.69) is 0 Å². The van der Waals surface area contributed by atoms with E-state index in [0.717, 1.165) is 6.42 Å². The molecule has 0 spiro atoms. The van der Waals surface area contributed by atoms with E-state index in [1.807, 2.05) is 6.07 Å². The Labute approximate surface area is 117 Å². The van der Waals surface area contributed by atoms with E-state index < -0.39 is 0 Å². The zero-order valence-corrected chi connectivity index (χ0v) is 11.1. The number of rotatable bonds is 3. The Morgan fingerprint density at radius 2 is 1.95 bits per heavy atom. The number of hydrogen-bond acceptors (Lipinski definition) is 3. The molecule has 0 aliphatic carbocycles.